The molecular weight excluding hydrogens is 194 g/mol. The van der Waals surface area contributed by atoms with Gasteiger partial charge in [0, 0.05) is 25.4 Å². The minimum absolute atomic E-state index is 0.426. The third-order valence-electron chi connectivity index (χ3n) is 2.39. The molecule has 1 N–H and O–H groups in total. The maximum absolute atomic E-state index is 10.9. The van der Waals surface area contributed by atoms with Crippen molar-refractivity contribution in [2.45, 2.75) is 25.9 Å². The van der Waals surface area contributed by atoms with Crippen LogP contribution < -0.4 is 0 Å². The van der Waals surface area contributed by atoms with Gasteiger partial charge in [0.1, 0.15) is 6.04 Å². The highest BCUT2D eigenvalue weighted by atomic mass is 16.4. The minimum atomic E-state index is -0.774. The first-order valence-electron chi connectivity index (χ1n) is 4.95. The van der Waals surface area contributed by atoms with Crippen LogP contribution in [-0.2, 0) is 18.4 Å². The van der Waals surface area contributed by atoms with Gasteiger partial charge in [-0.2, -0.15) is 5.10 Å². The van der Waals surface area contributed by atoms with Crippen molar-refractivity contribution < 1.29 is 9.90 Å². The molecule has 0 aliphatic carbocycles. The SMILES string of the molecule is CCC(C(=O)O)N(C)Cc1cnn(C)c1. The van der Waals surface area contributed by atoms with Gasteiger partial charge in [-0.15, -0.1) is 0 Å². The number of aryl methyl sites for hydroxylation is 1. The monoisotopic (exact) mass is 211 g/mol. The Balaban J connectivity index is 2.61. The molecule has 84 valence electrons. The van der Waals surface area contributed by atoms with Gasteiger partial charge in [0.05, 0.1) is 6.20 Å². The van der Waals surface area contributed by atoms with Gasteiger partial charge in [0.25, 0.3) is 0 Å². The number of carbonyl (C=O) groups is 1. The third-order valence-corrected chi connectivity index (χ3v) is 2.39. The predicted molar refractivity (Wildman–Crippen MR) is 56.4 cm³/mol. The van der Waals surface area contributed by atoms with Crippen molar-refractivity contribution in [3.8, 4) is 0 Å². The molecule has 1 aromatic heterocycles. The molecule has 1 rings (SSSR count). The molecule has 0 amide bonds. The summed E-state index contributed by atoms with van der Waals surface area (Å²) < 4.78 is 1.71. The Morgan fingerprint density at radius 2 is 2.40 bits per heavy atom. The average molecular weight is 211 g/mol. The first-order chi connectivity index (χ1) is 7.04. The fraction of sp³-hybridized carbons (Fsp3) is 0.600. The van der Waals surface area contributed by atoms with Crippen LogP contribution in [0.2, 0.25) is 0 Å². The Kier molecular flexibility index (Phi) is 3.85. The van der Waals surface area contributed by atoms with Crippen LogP contribution in [0.3, 0.4) is 0 Å². The van der Waals surface area contributed by atoms with E-state index in [2.05, 4.69) is 5.10 Å². The first-order valence-corrected chi connectivity index (χ1v) is 4.95. The van der Waals surface area contributed by atoms with Crippen molar-refractivity contribution in [2.24, 2.45) is 7.05 Å². The molecule has 0 aromatic carbocycles. The Morgan fingerprint density at radius 1 is 1.73 bits per heavy atom. The molecule has 15 heavy (non-hydrogen) atoms. The summed E-state index contributed by atoms with van der Waals surface area (Å²) in [5.74, 6) is -0.774. The second-order valence-corrected chi connectivity index (χ2v) is 3.70. The Morgan fingerprint density at radius 3 is 2.80 bits per heavy atom. The quantitative estimate of drug-likeness (QED) is 0.779. The molecule has 0 saturated heterocycles. The molecule has 0 spiro atoms. The molecule has 1 aromatic rings. The van der Waals surface area contributed by atoms with Gasteiger partial charge in [-0.1, -0.05) is 6.92 Å². The molecule has 1 atom stereocenters. The lowest BCUT2D eigenvalue weighted by Crippen LogP contribution is -2.37. The number of nitrogens with zero attached hydrogens (tertiary/aromatic N) is 3. The largest absolute Gasteiger partial charge is 0.480 e. The fourth-order valence-electron chi connectivity index (χ4n) is 1.63. The van der Waals surface area contributed by atoms with Gasteiger partial charge < -0.3 is 5.11 Å². The van der Waals surface area contributed by atoms with E-state index < -0.39 is 12.0 Å². The van der Waals surface area contributed by atoms with Crippen molar-refractivity contribution >= 4 is 5.97 Å². The summed E-state index contributed by atoms with van der Waals surface area (Å²) in [6.45, 7) is 2.48. The molecule has 0 bridgehead atoms. The highest BCUT2D eigenvalue weighted by Gasteiger charge is 2.20. The molecule has 5 heteroatoms. The van der Waals surface area contributed by atoms with Crippen LogP contribution >= 0.6 is 0 Å². The molecule has 0 aliphatic rings. The molecule has 0 aliphatic heterocycles. The lowest BCUT2D eigenvalue weighted by molar-refractivity contribution is -0.143. The zero-order valence-corrected chi connectivity index (χ0v) is 9.34. The van der Waals surface area contributed by atoms with Crippen LogP contribution in [0.5, 0.6) is 0 Å². The number of aliphatic carboxylic acids is 1. The van der Waals surface area contributed by atoms with E-state index in [1.807, 2.05) is 32.1 Å². The lowest BCUT2D eigenvalue weighted by Gasteiger charge is -2.22. The summed E-state index contributed by atoms with van der Waals surface area (Å²) in [6.07, 6.45) is 4.25. The molecule has 0 saturated carbocycles. The summed E-state index contributed by atoms with van der Waals surface area (Å²) in [7, 11) is 3.66. The summed E-state index contributed by atoms with van der Waals surface area (Å²) in [5.41, 5.74) is 1.03. The average Bonchev–Trinajstić information content (AvgIpc) is 2.51. The summed E-state index contributed by atoms with van der Waals surface area (Å²) in [5, 5.41) is 13.0. The van der Waals surface area contributed by atoms with Crippen LogP contribution in [0.1, 0.15) is 18.9 Å². The third kappa shape index (κ3) is 3.06. The van der Waals surface area contributed by atoms with Gasteiger partial charge in [-0.05, 0) is 13.5 Å². The topological polar surface area (TPSA) is 58.4 Å². The van der Waals surface area contributed by atoms with E-state index in [0.29, 0.717) is 13.0 Å². The standard InChI is InChI=1S/C10H17N3O2/c1-4-9(10(14)15)12(2)6-8-5-11-13(3)7-8/h5,7,9H,4,6H2,1-3H3,(H,14,15). The first kappa shape index (κ1) is 11.7. The number of carboxylic acid groups (broad SMARTS) is 1. The van der Waals surface area contributed by atoms with Crippen LogP contribution in [0.15, 0.2) is 12.4 Å². The normalized spacial score (nSPS) is 13.1. The number of hydrogen-bond donors (Lipinski definition) is 1. The summed E-state index contributed by atoms with van der Waals surface area (Å²) >= 11 is 0. The molecule has 5 nitrogen and oxygen atoms in total. The summed E-state index contributed by atoms with van der Waals surface area (Å²) in [4.78, 5) is 12.7. The van der Waals surface area contributed by atoms with E-state index in [0.717, 1.165) is 5.56 Å². The highest BCUT2D eigenvalue weighted by Crippen LogP contribution is 2.07. The maximum Gasteiger partial charge on any atom is 0.320 e. The van der Waals surface area contributed by atoms with E-state index in [1.54, 1.807) is 10.9 Å². The van der Waals surface area contributed by atoms with Crippen molar-refractivity contribution in [3.63, 3.8) is 0 Å². The van der Waals surface area contributed by atoms with E-state index in [9.17, 15) is 4.79 Å². The zero-order chi connectivity index (χ0) is 11.4. The second-order valence-electron chi connectivity index (χ2n) is 3.70. The van der Waals surface area contributed by atoms with Gasteiger partial charge in [-0.25, -0.2) is 0 Å². The number of likely N-dealkylation sites (N-methyl/N-ethyl adjacent to an activating group) is 1. The van der Waals surface area contributed by atoms with Gasteiger partial charge in [-0.3, -0.25) is 14.4 Å². The molecule has 0 fully saturated rings. The van der Waals surface area contributed by atoms with Gasteiger partial charge >= 0.3 is 5.97 Å². The molecular formula is C10H17N3O2. The van der Waals surface area contributed by atoms with Crippen molar-refractivity contribution in [2.75, 3.05) is 7.05 Å². The Labute approximate surface area is 89.3 Å². The molecule has 1 heterocycles. The van der Waals surface area contributed by atoms with Crippen LogP contribution in [0, 0.1) is 0 Å². The van der Waals surface area contributed by atoms with Gasteiger partial charge in [0.15, 0.2) is 0 Å². The Bertz CT molecular complexity index is 335. The number of hydrogen-bond acceptors (Lipinski definition) is 3. The van der Waals surface area contributed by atoms with Crippen molar-refractivity contribution in [1.82, 2.24) is 14.7 Å². The smallest absolute Gasteiger partial charge is 0.320 e. The van der Waals surface area contributed by atoms with Crippen LogP contribution in [0.25, 0.3) is 0 Å². The predicted octanol–water partition coefficient (Wildman–Crippen LogP) is 0.715. The number of carboxylic acids is 1. The van der Waals surface area contributed by atoms with E-state index in [-0.39, 0.29) is 0 Å². The van der Waals surface area contributed by atoms with Crippen molar-refractivity contribution in [1.29, 1.82) is 0 Å². The highest BCUT2D eigenvalue weighted by molar-refractivity contribution is 5.73. The second kappa shape index (κ2) is 4.93. The van der Waals surface area contributed by atoms with E-state index in [4.69, 9.17) is 5.11 Å². The molecule has 0 radical (unpaired) electrons. The van der Waals surface area contributed by atoms with E-state index >= 15 is 0 Å². The lowest BCUT2D eigenvalue weighted by atomic mass is 10.2. The van der Waals surface area contributed by atoms with Crippen LogP contribution in [0.4, 0.5) is 0 Å². The zero-order valence-electron chi connectivity index (χ0n) is 9.34. The van der Waals surface area contributed by atoms with E-state index in [1.165, 1.54) is 0 Å². The van der Waals surface area contributed by atoms with Gasteiger partial charge in [0.2, 0.25) is 0 Å². The maximum atomic E-state index is 10.9. The fourth-order valence-corrected chi connectivity index (χ4v) is 1.63. The summed E-state index contributed by atoms with van der Waals surface area (Å²) in [6, 6.07) is -0.426. The number of rotatable bonds is 5. The minimum Gasteiger partial charge on any atom is -0.480 e. The van der Waals surface area contributed by atoms with Crippen LogP contribution in [-0.4, -0.2) is 38.8 Å². The Hall–Kier alpha value is -1.36. The molecule has 1 unspecified atom stereocenters. The number of aromatic nitrogens is 2. The van der Waals surface area contributed by atoms with Crippen molar-refractivity contribution in [3.05, 3.63) is 18.0 Å².